The minimum absolute atomic E-state index is 0.00403. The van der Waals surface area contributed by atoms with Crippen LogP contribution < -0.4 is 14.4 Å². The Morgan fingerprint density at radius 2 is 2.11 bits per heavy atom. The molecule has 0 bridgehead atoms. The molecule has 10 nitrogen and oxygen atoms in total. The Labute approximate surface area is 163 Å². The van der Waals surface area contributed by atoms with Gasteiger partial charge in [0.1, 0.15) is 10.6 Å². The molecule has 1 aromatic carbocycles. The van der Waals surface area contributed by atoms with Crippen molar-refractivity contribution < 1.29 is 17.9 Å². The molecule has 2 heterocycles. The molecule has 1 amide bonds. The van der Waals surface area contributed by atoms with Gasteiger partial charge in [0.2, 0.25) is 15.9 Å². The van der Waals surface area contributed by atoms with Crippen LogP contribution in [0.1, 0.15) is 38.6 Å². The third kappa shape index (κ3) is 4.14. The summed E-state index contributed by atoms with van der Waals surface area (Å²) in [6.45, 7) is 4.60. The predicted molar refractivity (Wildman–Crippen MR) is 102 cm³/mol. The van der Waals surface area contributed by atoms with Crippen LogP contribution in [0.15, 0.2) is 23.1 Å². The van der Waals surface area contributed by atoms with Crippen molar-refractivity contribution in [2.75, 3.05) is 25.1 Å². The van der Waals surface area contributed by atoms with Gasteiger partial charge in [-0.15, -0.1) is 5.10 Å². The minimum atomic E-state index is -3.85. The Kier molecular flexibility index (Phi) is 5.94. The first-order chi connectivity index (χ1) is 13.3. The number of nitrogens with one attached hydrogen (secondary N) is 1. The standard InChI is InChI=1S/C17H24N6O4S/c1-12(2)23-16(19-20-21-23)8-9-18-28(25,26)15-11-13(6-7-14(15)27-3)22-10-4-5-17(22)24/h6-7,11-12,18H,4-5,8-10H2,1-3H3. The number of methoxy groups -OCH3 is 1. The largest absolute Gasteiger partial charge is 0.495 e. The Morgan fingerprint density at radius 3 is 2.75 bits per heavy atom. The molecule has 1 saturated heterocycles. The van der Waals surface area contributed by atoms with Gasteiger partial charge in [-0.2, -0.15) is 0 Å². The van der Waals surface area contributed by atoms with Crippen molar-refractivity contribution in [1.82, 2.24) is 24.9 Å². The molecule has 0 unspecified atom stereocenters. The van der Waals surface area contributed by atoms with Gasteiger partial charge < -0.3 is 9.64 Å². The van der Waals surface area contributed by atoms with E-state index in [2.05, 4.69) is 20.2 Å². The smallest absolute Gasteiger partial charge is 0.244 e. The first-order valence-electron chi connectivity index (χ1n) is 9.08. The molecule has 2 aromatic rings. The van der Waals surface area contributed by atoms with Crippen LogP contribution in [-0.2, 0) is 21.2 Å². The molecule has 1 aromatic heterocycles. The van der Waals surface area contributed by atoms with Crippen LogP contribution in [0.25, 0.3) is 0 Å². The summed E-state index contributed by atoms with van der Waals surface area (Å²) in [5.41, 5.74) is 0.549. The molecule has 0 atom stereocenters. The number of aromatic nitrogens is 4. The Bertz CT molecular complexity index is 956. The molecular weight excluding hydrogens is 384 g/mol. The maximum atomic E-state index is 12.9. The summed E-state index contributed by atoms with van der Waals surface area (Å²) < 4.78 is 35.1. The number of carbonyl (C=O) groups is 1. The number of anilines is 1. The molecule has 1 aliphatic heterocycles. The summed E-state index contributed by atoms with van der Waals surface area (Å²) in [6, 6.07) is 4.81. The number of sulfonamides is 1. The average molecular weight is 408 g/mol. The topological polar surface area (TPSA) is 119 Å². The van der Waals surface area contributed by atoms with E-state index in [1.165, 1.54) is 13.2 Å². The molecule has 11 heteroatoms. The maximum Gasteiger partial charge on any atom is 0.244 e. The summed E-state index contributed by atoms with van der Waals surface area (Å²) in [4.78, 5) is 13.6. The zero-order valence-electron chi connectivity index (χ0n) is 16.1. The van der Waals surface area contributed by atoms with Crippen LogP contribution in [0, 0.1) is 0 Å². The lowest BCUT2D eigenvalue weighted by molar-refractivity contribution is -0.117. The van der Waals surface area contributed by atoms with Crippen molar-refractivity contribution in [1.29, 1.82) is 0 Å². The van der Waals surface area contributed by atoms with Crippen LogP contribution in [-0.4, -0.2) is 54.7 Å². The predicted octanol–water partition coefficient (Wildman–Crippen LogP) is 0.910. The maximum absolute atomic E-state index is 12.9. The van der Waals surface area contributed by atoms with Crippen LogP contribution in [0.2, 0.25) is 0 Å². The SMILES string of the molecule is COc1ccc(N2CCCC2=O)cc1S(=O)(=O)NCCc1nnnn1C(C)C. The van der Waals surface area contributed by atoms with Crippen molar-refractivity contribution in [3.05, 3.63) is 24.0 Å². The molecular formula is C17H24N6O4S. The number of carbonyl (C=O) groups excluding carboxylic acids is 1. The van der Waals surface area contributed by atoms with E-state index in [-0.39, 0.29) is 29.1 Å². The second-order valence-electron chi connectivity index (χ2n) is 6.77. The van der Waals surface area contributed by atoms with Crippen LogP contribution >= 0.6 is 0 Å². The third-order valence-corrected chi connectivity index (χ3v) is 5.99. The van der Waals surface area contributed by atoms with Crippen molar-refractivity contribution in [3.8, 4) is 5.75 Å². The zero-order chi connectivity index (χ0) is 20.3. The molecule has 152 valence electrons. The monoisotopic (exact) mass is 408 g/mol. The van der Waals surface area contributed by atoms with Crippen molar-refractivity contribution in [2.24, 2.45) is 0 Å². The highest BCUT2D eigenvalue weighted by molar-refractivity contribution is 7.89. The van der Waals surface area contributed by atoms with Crippen molar-refractivity contribution in [2.45, 2.75) is 44.0 Å². The lowest BCUT2D eigenvalue weighted by atomic mass is 10.3. The number of rotatable bonds is 8. The summed E-state index contributed by atoms with van der Waals surface area (Å²) in [5.74, 6) is 0.804. The molecule has 0 saturated carbocycles. The Morgan fingerprint density at radius 1 is 1.32 bits per heavy atom. The first kappa shape index (κ1) is 20.2. The second-order valence-corrected chi connectivity index (χ2v) is 8.50. The van der Waals surface area contributed by atoms with Gasteiger partial charge in [-0.3, -0.25) is 4.79 Å². The van der Waals surface area contributed by atoms with Gasteiger partial charge in [0, 0.05) is 31.6 Å². The van der Waals surface area contributed by atoms with E-state index in [1.54, 1.807) is 21.7 Å². The molecule has 0 spiro atoms. The zero-order valence-corrected chi connectivity index (χ0v) is 16.9. The Hall–Kier alpha value is -2.53. The van der Waals surface area contributed by atoms with E-state index in [1.807, 2.05) is 13.8 Å². The molecule has 1 aliphatic rings. The fourth-order valence-corrected chi connectivity index (χ4v) is 4.34. The minimum Gasteiger partial charge on any atom is -0.495 e. The average Bonchev–Trinajstić information content (AvgIpc) is 3.30. The van der Waals surface area contributed by atoms with Crippen molar-refractivity contribution in [3.63, 3.8) is 0 Å². The van der Waals surface area contributed by atoms with E-state index in [0.29, 0.717) is 30.9 Å². The van der Waals surface area contributed by atoms with Gasteiger partial charge in [0.15, 0.2) is 5.82 Å². The van der Waals surface area contributed by atoms with E-state index in [4.69, 9.17) is 4.74 Å². The van der Waals surface area contributed by atoms with Gasteiger partial charge in [-0.25, -0.2) is 17.8 Å². The number of tetrazole rings is 1. The van der Waals surface area contributed by atoms with E-state index in [0.717, 1.165) is 6.42 Å². The van der Waals surface area contributed by atoms with Gasteiger partial charge in [-0.05, 0) is 48.9 Å². The van der Waals surface area contributed by atoms with E-state index >= 15 is 0 Å². The van der Waals surface area contributed by atoms with Crippen LogP contribution in [0.3, 0.4) is 0 Å². The molecule has 1 N–H and O–H groups in total. The number of hydrogen-bond donors (Lipinski definition) is 1. The third-order valence-electron chi connectivity index (χ3n) is 4.51. The normalized spacial score (nSPS) is 14.9. The van der Waals surface area contributed by atoms with Crippen LogP contribution in [0.4, 0.5) is 5.69 Å². The van der Waals surface area contributed by atoms with Crippen molar-refractivity contribution >= 4 is 21.6 Å². The first-order valence-corrected chi connectivity index (χ1v) is 10.6. The number of ether oxygens (including phenoxy) is 1. The highest BCUT2D eigenvalue weighted by Gasteiger charge is 2.26. The van der Waals surface area contributed by atoms with Gasteiger partial charge in [-0.1, -0.05) is 0 Å². The number of benzene rings is 1. The number of amides is 1. The van der Waals surface area contributed by atoms with Gasteiger partial charge >= 0.3 is 0 Å². The quantitative estimate of drug-likeness (QED) is 0.689. The Balaban J connectivity index is 1.78. The van der Waals surface area contributed by atoms with E-state index in [9.17, 15) is 13.2 Å². The molecule has 0 aliphatic carbocycles. The highest BCUT2D eigenvalue weighted by atomic mass is 32.2. The van der Waals surface area contributed by atoms with E-state index < -0.39 is 10.0 Å². The summed E-state index contributed by atoms with van der Waals surface area (Å²) >= 11 is 0. The lowest BCUT2D eigenvalue weighted by Crippen LogP contribution is -2.28. The summed E-state index contributed by atoms with van der Waals surface area (Å²) in [5, 5.41) is 11.5. The lowest BCUT2D eigenvalue weighted by Gasteiger charge is -2.18. The number of hydrogen-bond acceptors (Lipinski definition) is 7. The molecule has 0 radical (unpaired) electrons. The summed E-state index contributed by atoms with van der Waals surface area (Å²) in [7, 11) is -2.44. The fraction of sp³-hybridized carbons (Fsp3) is 0.529. The molecule has 1 fully saturated rings. The van der Waals surface area contributed by atoms with Gasteiger partial charge in [0.05, 0.1) is 13.2 Å². The van der Waals surface area contributed by atoms with Crippen LogP contribution in [0.5, 0.6) is 5.75 Å². The summed E-state index contributed by atoms with van der Waals surface area (Å²) in [6.07, 6.45) is 1.57. The molecule has 28 heavy (non-hydrogen) atoms. The van der Waals surface area contributed by atoms with Gasteiger partial charge in [0.25, 0.3) is 0 Å². The second kappa shape index (κ2) is 8.23. The fourth-order valence-electron chi connectivity index (χ4n) is 3.12. The highest BCUT2D eigenvalue weighted by Crippen LogP contribution is 2.30. The number of nitrogens with zero attached hydrogens (tertiary/aromatic N) is 5. The molecule has 3 rings (SSSR count).